The van der Waals surface area contributed by atoms with Gasteiger partial charge in [0.15, 0.2) is 0 Å². The van der Waals surface area contributed by atoms with E-state index in [0.29, 0.717) is 37.5 Å². The van der Waals surface area contributed by atoms with E-state index in [2.05, 4.69) is 17.6 Å². The number of imide groups is 1. The van der Waals surface area contributed by atoms with Gasteiger partial charge >= 0.3 is 0 Å². The molecule has 0 spiro atoms. The molecule has 7 heteroatoms. The molecule has 1 aromatic rings. The number of hydrogen-bond donors (Lipinski definition) is 3. The third kappa shape index (κ3) is 3.57. The first kappa shape index (κ1) is 20.0. The first-order valence-corrected chi connectivity index (χ1v) is 10.7. The van der Waals surface area contributed by atoms with Crippen LogP contribution in [0.15, 0.2) is 18.2 Å². The number of benzene rings is 1. The van der Waals surface area contributed by atoms with E-state index < -0.39 is 6.04 Å². The molecule has 7 nitrogen and oxygen atoms in total. The van der Waals surface area contributed by atoms with E-state index in [0.717, 1.165) is 17.5 Å². The average molecular weight is 399 g/mol. The van der Waals surface area contributed by atoms with Crippen LogP contribution in [0.25, 0.3) is 0 Å². The molecule has 2 fully saturated rings. The summed E-state index contributed by atoms with van der Waals surface area (Å²) in [6, 6.07) is 5.32. The number of nitrogens with zero attached hydrogens (tertiary/aromatic N) is 1. The molecule has 0 bridgehead atoms. The molecule has 1 saturated carbocycles. The lowest BCUT2D eigenvalue weighted by Gasteiger charge is -2.43. The normalized spacial score (nSPS) is 29.7. The molecule has 4 N–H and O–H groups in total. The van der Waals surface area contributed by atoms with Crippen molar-refractivity contribution in [2.24, 2.45) is 11.7 Å². The standard InChI is InChI=1S/C22H30N4O3/c1-14-5-2-3-10-22(14,13-23)24-11-15-6-4-7-16-12-26(21(29)19(15)16)17-8-9-18(27)25-20(17)28/h4,6-7,14,17,24H,2-3,5,8-13,23H2,1H3,(H,25,27,28). The Morgan fingerprint density at radius 3 is 2.79 bits per heavy atom. The Hall–Kier alpha value is -2.25. The maximum atomic E-state index is 13.2. The van der Waals surface area contributed by atoms with Crippen LogP contribution in [0.2, 0.25) is 0 Å². The summed E-state index contributed by atoms with van der Waals surface area (Å²) in [5.74, 6) is -0.270. The van der Waals surface area contributed by atoms with Gasteiger partial charge in [0, 0.05) is 37.2 Å². The molecule has 3 unspecified atom stereocenters. The molecule has 4 rings (SSSR count). The van der Waals surface area contributed by atoms with Gasteiger partial charge in [0.05, 0.1) is 0 Å². The number of carbonyl (C=O) groups is 3. The quantitative estimate of drug-likeness (QED) is 0.651. The lowest BCUT2D eigenvalue weighted by molar-refractivity contribution is -0.136. The number of carbonyl (C=O) groups excluding carboxylic acids is 3. The van der Waals surface area contributed by atoms with E-state index in [-0.39, 0.29) is 29.7 Å². The zero-order valence-electron chi connectivity index (χ0n) is 17.0. The highest BCUT2D eigenvalue weighted by atomic mass is 16.2. The van der Waals surface area contributed by atoms with Gasteiger partial charge in [-0.25, -0.2) is 0 Å². The lowest BCUT2D eigenvalue weighted by atomic mass is 9.73. The molecule has 29 heavy (non-hydrogen) atoms. The number of nitrogens with one attached hydrogen (secondary N) is 2. The summed E-state index contributed by atoms with van der Waals surface area (Å²) in [6.07, 6.45) is 5.28. The first-order valence-electron chi connectivity index (χ1n) is 10.7. The van der Waals surface area contributed by atoms with E-state index in [1.807, 2.05) is 18.2 Å². The molecule has 0 aromatic heterocycles. The molecule has 1 saturated heterocycles. The fraction of sp³-hybridized carbons (Fsp3) is 0.591. The summed E-state index contributed by atoms with van der Waals surface area (Å²) in [5, 5.41) is 6.05. The maximum Gasteiger partial charge on any atom is 0.255 e. The fourth-order valence-electron chi connectivity index (χ4n) is 5.16. The van der Waals surface area contributed by atoms with Crippen LogP contribution in [0, 0.1) is 5.92 Å². The zero-order chi connectivity index (χ0) is 20.6. The van der Waals surface area contributed by atoms with Crippen LogP contribution >= 0.6 is 0 Å². The molecular weight excluding hydrogens is 368 g/mol. The van der Waals surface area contributed by atoms with Crippen LogP contribution in [-0.4, -0.2) is 40.7 Å². The molecule has 0 radical (unpaired) electrons. The summed E-state index contributed by atoms with van der Waals surface area (Å²) in [6.45, 7) is 3.83. The number of fused-ring (bicyclic) bond motifs is 1. The zero-order valence-corrected chi connectivity index (χ0v) is 17.0. The minimum Gasteiger partial charge on any atom is -0.329 e. The Labute approximate surface area is 171 Å². The fourth-order valence-corrected chi connectivity index (χ4v) is 5.16. The van der Waals surface area contributed by atoms with Gasteiger partial charge in [-0.15, -0.1) is 0 Å². The van der Waals surface area contributed by atoms with Crippen LogP contribution in [0.5, 0.6) is 0 Å². The van der Waals surface area contributed by atoms with E-state index in [1.165, 1.54) is 19.3 Å². The topological polar surface area (TPSA) is 105 Å². The lowest BCUT2D eigenvalue weighted by Crippen LogP contribution is -2.57. The summed E-state index contributed by atoms with van der Waals surface area (Å²) in [7, 11) is 0. The van der Waals surface area contributed by atoms with Crippen molar-refractivity contribution in [2.75, 3.05) is 6.54 Å². The number of hydrogen-bond acceptors (Lipinski definition) is 5. The largest absolute Gasteiger partial charge is 0.329 e. The highest BCUT2D eigenvalue weighted by molar-refractivity contribution is 6.05. The number of amides is 3. The van der Waals surface area contributed by atoms with Gasteiger partial charge in [0.25, 0.3) is 5.91 Å². The SMILES string of the molecule is CC1CCCCC1(CN)NCc1cccc2c1C(=O)N(C1CCC(=O)NC1=O)C2. The third-order valence-electron chi connectivity index (χ3n) is 7.09. The molecule has 2 heterocycles. The molecule has 1 aliphatic carbocycles. The summed E-state index contributed by atoms with van der Waals surface area (Å²) in [4.78, 5) is 38.6. The molecule has 1 aromatic carbocycles. The smallest absolute Gasteiger partial charge is 0.255 e. The Morgan fingerprint density at radius 1 is 1.24 bits per heavy atom. The van der Waals surface area contributed by atoms with Crippen molar-refractivity contribution in [3.63, 3.8) is 0 Å². The van der Waals surface area contributed by atoms with E-state index in [1.54, 1.807) is 4.90 Å². The molecule has 3 atom stereocenters. The van der Waals surface area contributed by atoms with Crippen LogP contribution in [-0.2, 0) is 22.7 Å². The van der Waals surface area contributed by atoms with Crippen LogP contribution in [0.3, 0.4) is 0 Å². The third-order valence-corrected chi connectivity index (χ3v) is 7.09. The van der Waals surface area contributed by atoms with Crippen molar-refractivity contribution in [1.82, 2.24) is 15.5 Å². The average Bonchev–Trinajstić information content (AvgIpc) is 3.05. The molecule has 3 aliphatic rings. The Kier molecular flexibility index (Phi) is 5.44. The Bertz CT molecular complexity index is 839. The predicted octanol–water partition coefficient (Wildman–Crippen LogP) is 1.44. The van der Waals surface area contributed by atoms with Gasteiger partial charge in [0.1, 0.15) is 6.04 Å². The van der Waals surface area contributed by atoms with Crippen molar-refractivity contribution in [3.8, 4) is 0 Å². The van der Waals surface area contributed by atoms with E-state index in [9.17, 15) is 14.4 Å². The maximum absolute atomic E-state index is 13.2. The second kappa shape index (κ2) is 7.88. The van der Waals surface area contributed by atoms with Gasteiger partial charge in [-0.2, -0.15) is 0 Å². The second-order valence-electron chi connectivity index (χ2n) is 8.71. The predicted molar refractivity (Wildman–Crippen MR) is 109 cm³/mol. The van der Waals surface area contributed by atoms with Gasteiger partial charge in [0.2, 0.25) is 11.8 Å². The minimum absolute atomic E-state index is 0.0913. The van der Waals surface area contributed by atoms with Gasteiger partial charge in [-0.1, -0.05) is 38.0 Å². The van der Waals surface area contributed by atoms with Gasteiger partial charge in [-0.05, 0) is 36.3 Å². The Balaban J connectivity index is 1.53. The summed E-state index contributed by atoms with van der Waals surface area (Å²) < 4.78 is 0. The van der Waals surface area contributed by atoms with E-state index in [4.69, 9.17) is 5.73 Å². The monoisotopic (exact) mass is 398 g/mol. The van der Waals surface area contributed by atoms with Crippen molar-refractivity contribution in [2.45, 2.75) is 70.1 Å². The highest BCUT2D eigenvalue weighted by Gasteiger charge is 2.41. The molecule has 3 amide bonds. The van der Waals surface area contributed by atoms with Crippen LogP contribution in [0.4, 0.5) is 0 Å². The molecular formula is C22H30N4O3. The van der Waals surface area contributed by atoms with Crippen LogP contribution < -0.4 is 16.4 Å². The molecule has 2 aliphatic heterocycles. The summed E-state index contributed by atoms with van der Waals surface area (Å²) >= 11 is 0. The van der Waals surface area contributed by atoms with Crippen molar-refractivity contribution in [1.29, 1.82) is 0 Å². The second-order valence-corrected chi connectivity index (χ2v) is 8.71. The number of rotatable bonds is 5. The van der Waals surface area contributed by atoms with Crippen molar-refractivity contribution >= 4 is 17.7 Å². The Morgan fingerprint density at radius 2 is 2.07 bits per heavy atom. The first-order chi connectivity index (χ1) is 13.9. The van der Waals surface area contributed by atoms with Gasteiger partial charge < -0.3 is 16.0 Å². The minimum atomic E-state index is -0.581. The van der Waals surface area contributed by atoms with E-state index >= 15 is 0 Å². The highest BCUT2D eigenvalue weighted by Crippen LogP contribution is 2.34. The van der Waals surface area contributed by atoms with Crippen molar-refractivity contribution < 1.29 is 14.4 Å². The molecule has 156 valence electrons. The summed E-state index contributed by atoms with van der Waals surface area (Å²) in [5.41, 5.74) is 8.67. The van der Waals surface area contributed by atoms with Crippen molar-refractivity contribution in [3.05, 3.63) is 34.9 Å². The number of nitrogens with two attached hydrogens (primary N) is 1. The van der Waals surface area contributed by atoms with Gasteiger partial charge in [-0.3, -0.25) is 19.7 Å². The number of piperidine rings is 1. The van der Waals surface area contributed by atoms with Crippen LogP contribution in [0.1, 0.15) is 66.9 Å².